The summed E-state index contributed by atoms with van der Waals surface area (Å²) in [4.78, 5) is 18.7. The van der Waals surface area contributed by atoms with Crippen molar-refractivity contribution in [2.24, 2.45) is 4.99 Å². The van der Waals surface area contributed by atoms with Crippen molar-refractivity contribution in [3.8, 4) is 0 Å². The van der Waals surface area contributed by atoms with Gasteiger partial charge in [-0.05, 0) is 57.4 Å². The predicted octanol–water partition coefficient (Wildman–Crippen LogP) is 3.64. The predicted molar refractivity (Wildman–Crippen MR) is 138 cm³/mol. The van der Waals surface area contributed by atoms with Crippen LogP contribution in [0.4, 0.5) is 5.69 Å². The summed E-state index contributed by atoms with van der Waals surface area (Å²) in [5.74, 6) is 0.852. The third-order valence-corrected chi connectivity index (χ3v) is 4.74. The molecule has 0 fully saturated rings. The molecular weight excluding hydrogens is 489 g/mol. The summed E-state index contributed by atoms with van der Waals surface area (Å²) < 4.78 is 1.75. The molecule has 0 radical (unpaired) electrons. The van der Waals surface area contributed by atoms with Crippen LogP contribution in [-0.4, -0.2) is 43.3 Å². The van der Waals surface area contributed by atoms with Crippen molar-refractivity contribution in [2.75, 3.05) is 37.6 Å². The first-order valence-corrected chi connectivity index (χ1v) is 10.6. The van der Waals surface area contributed by atoms with Gasteiger partial charge < -0.3 is 20.1 Å². The van der Waals surface area contributed by atoms with E-state index in [1.807, 2.05) is 12.3 Å². The molecule has 166 valence electrons. The summed E-state index contributed by atoms with van der Waals surface area (Å²) in [5.41, 5.74) is 2.59. The number of hydrogen-bond donors (Lipinski definition) is 2. The SMILES string of the molecule is CCNC(=NCCCCn1ccccc1=O)NCCN(CC)c1cccc(C)c1.I. The fraction of sp³-hybridized carbons (Fsp3) is 0.478. The lowest BCUT2D eigenvalue weighted by molar-refractivity contribution is 0.597. The molecule has 0 bridgehead atoms. The Morgan fingerprint density at radius 1 is 1.10 bits per heavy atom. The van der Waals surface area contributed by atoms with Crippen LogP contribution in [0, 0.1) is 6.92 Å². The Labute approximate surface area is 197 Å². The van der Waals surface area contributed by atoms with E-state index in [2.05, 4.69) is 65.6 Å². The Kier molecular flexibility index (Phi) is 12.9. The van der Waals surface area contributed by atoms with Crippen LogP contribution in [0.3, 0.4) is 0 Å². The van der Waals surface area contributed by atoms with E-state index in [1.165, 1.54) is 11.3 Å². The number of pyridine rings is 1. The highest BCUT2D eigenvalue weighted by atomic mass is 127. The Hall–Kier alpha value is -2.03. The smallest absolute Gasteiger partial charge is 0.250 e. The largest absolute Gasteiger partial charge is 0.370 e. The van der Waals surface area contributed by atoms with Crippen LogP contribution in [0.5, 0.6) is 0 Å². The molecule has 2 rings (SSSR count). The molecule has 0 amide bonds. The molecule has 0 atom stereocenters. The standard InChI is InChI=1S/C23H35N5O.HI/c1-4-24-23(25-14-7-9-17-28-16-8-6-13-22(28)29)26-15-18-27(5-2)21-12-10-11-20(3)19-21;/h6,8,10-13,16,19H,4-5,7,9,14-15,17-18H2,1-3H3,(H2,24,25,26);1H. The Morgan fingerprint density at radius 3 is 2.63 bits per heavy atom. The zero-order chi connectivity index (χ0) is 20.9. The molecule has 0 aliphatic rings. The molecule has 2 aromatic rings. The van der Waals surface area contributed by atoms with E-state index in [0.29, 0.717) is 0 Å². The van der Waals surface area contributed by atoms with Crippen LogP contribution in [0.25, 0.3) is 0 Å². The average molecular weight is 525 g/mol. The Bertz CT molecular complexity index is 821. The quantitative estimate of drug-likeness (QED) is 0.204. The maximum absolute atomic E-state index is 11.7. The molecule has 2 N–H and O–H groups in total. The van der Waals surface area contributed by atoms with Gasteiger partial charge in [0.05, 0.1) is 0 Å². The summed E-state index contributed by atoms with van der Waals surface area (Å²) in [7, 11) is 0. The number of aliphatic imine (C=N–C) groups is 1. The van der Waals surface area contributed by atoms with Gasteiger partial charge in [0.15, 0.2) is 5.96 Å². The number of aromatic nitrogens is 1. The van der Waals surface area contributed by atoms with Gasteiger partial charge in [0, 0.05) is 57.2 Å². The molecule has 1 heterocycles. The first-order valence-electron chi connectivity index (χ1n) is 10.6. The second kappa shape index (κ2) is 14.9. The van der Waals surface area contributed by atoms with E-state index < -0.39 is 0 Å². The third kappa shape index (κ3) is 9.19. The number of rotatable bonds is 11. The second-order valence-electron chi connectivity index (χ2n) is 7.05. The van der Waals surface area contributed by atoms with E-state index in [9.17, 15) is 4.79 Å². The fourth-order valence-corrected chi connectivity index (χ4v) is 3.18. The maximum Gasteiger partial charge on any atom is 0.250 e. The Morgan fingerprint density at radius 2 is 1.93 bits per heavy atom. The van der Waals surface area contributed by atoms with E-state index in [1.54, 1.807) is 16.7 Å². The van der Waals surface area contributed by atoms with Gasteiger partial charge in [-0.25, -0.2) is 0 Å². The molecule has 0 spiro atoms. The van der Waals surface area contributed by atoms with E-state index in [-0.39, 0.29) is 29.5 Å². The van der Waals surface area contributed by atoms with Gasteiger partial charge in [0.25, 0.3) is 0 Å². The molecule has 0 aliphatic carbocycles. The summed E-state index contributed by atoms with van der Waals surface area (Å²) in [6.07, 6.45) is 3.72. The van der Waals surface area contributed by atoms with E-state index >= 15 is 0 Å². The summed E-state index contributed by atoms with van der Waals surface area (Å²) in [6, 6.07) is 13.9. The average Bonchev–Trinajstić information content (AvgIpc) is 2.72. The van der Waals surface area contributed by atoms with Crippen LogP contribution in [-0.2, 0) is 6.54 Å². The molecule has 0 aliphatic heterocycles. The monoisotopic (exact) mass is 525 g/mol. The summed E-state index contributed by atoms with van der Waals surface area (Å²) >= 11 is 0. The second-order valence-corrected chi connectivity index (χ2v) is 7.05. The first-order chi connectivity index (χ1) is 14.1. The van der Waals surface area contributed by atoms with Crippen molar-refractivity contribution in [1.29, 1.82) is 0 Å². The van der Waals surface area contributed by atoms with Gasteiger partial charge in [-0.15, -0.1) is 24.0 Å². The molecular formula is C23H36IN5O. The van der Waals surface area contributed by atoms with Crippen LogP contribution >= 0.6 is 24.0 Å². The minimum Gasteiger partial charge on any atom is -0.370 e. The topological polar surface area (TPSA) is 61.7 Å². The summed E-state index contributed by atoms with van der Waals surface area (Å²) in [5, 5.41) is 6.74. The molecule has 7 heteroatoms. The lowest BCUT2D eigenvalue weighted by Crippen LogP contribution is -2.41. The van der Waals surface area contributed by atoms with Crippen molar-refractivity contribution < 1.29 is 0 Å². The van der Waals surface area contributed by atoms with Crippen LogP contribution in [0.15, 0.2) is 58.4 Å². The van der Waals surface area contributed by atoms with Crippen molar-refractivity contribution in [2.45, 2.75) is 40.2 Å². The van der Waals surface area contributed by atoms with E-state index in [4.69, 9.17) is 0 Å². The van der Waals surface area contributed by atoms with Crippen molar-refractivity contribution in [3.05, 3.63) is 64.6 Å². The molecule has 0 unspecified atom stereocenters. The zero-order valence-corrected chi connectivity index (χ0v) is 20.8. The number of unbranched alkanes of at least 4 members (excludes halogenated alkanes) is 1. The van der Waals surface area contributed by atoms with Crippen molar-refractivity contribution in [1.82, 2.24) is 15.2 Å². The number of likely N-dealkylation sites (N-methyl/N-ethyl adjacent to an activating group) is 1. The van der Waals surface area contributed by atoms with Crippen molar-refractivity contribution >= 4 is 35.6 Å². The molecule has 1 aromatic carbocycles. The molecule has 6 nitrogen and oxygen atoms in total. The molecule has 0 saturated heterocycles. The number of nitrogens with zero attached hydrogens (tertiary/aromatic N) is 3. The van der Waals surface area contributed by atoms with Gasteiger partial charge in [-0.2, -0.15) is 0 Å². The van der Waals surface area contributed by atoms with Crippen molar-refractivity contribution in [3.63, 3.8) is 0 Å². The minimum absolute atomic E-state index is 0. The lowest BCUT2D eigenvalue weighted by atomic mass is 10.2. The highest BCUT2D eigenvalue weighted by molar-refractivity contribution is 14.0. The minimum atomic E-state index is 0. The molecule has 0 saturated carbocycles. The van der Waals surface area contributed by atoms with Gasteiger partial charge in [0.1, 0.15) is 0 Å². The zero-order valence-electron chi connectivity index (χ0n) is 18.4. The number of nitrogens with one attached hydrogen (secondary N) is 2. The molecule has 30 heavy (non-hydrogen) atoms. The van der Waals surface area contributed by atoms with Gasteiger partial charge in [0.2, 0.25) is 5.56 Å². The maximum atomic E-state index is 11.7. The highest BCUT2D eigenvalue weighted by Gasteiger charge is 2.05. The van der Waals surface area contributed by atoms with Gasteiger partial charge >= 0.3 is 0 Å². The first kappa shape index (κ1) is 26.0. The van der Waals surface area contributed by atoms with Crippen LogP contribution < -0.4 is 21.1 Å². The normalized spacial score (nSPS) is 11.0. The highest BCUT2D eigenvalue weighted by Crippen LogP contribution is 2.14. The van der Waals surface area contributed by atoms with Gasteiger partial charge in [-0.3, -0.25) is 9.79 Å². The number of anilines is 1. The van der Waals surface area contributed by atoms with Crippen LogP contribution in [0.1, 0.15) is 32.3 Å². The third-order valence-electron chi connectivity index (χ3n) is 4.74. The number of halogens is 1. The van der Waals surface area contributed by atoms with Gasteiger partial charge in [-0.1, -0.05) is 18.2 Å². The Balaban J connectivity index is 0.00000450. The summed E-state index contributed by atoms with van der Waals surface area (Å²) in [6.45, 7) is 11.4. The molecule has 1 aromatic heterocycles. The fourth-order valence-electron chi connectivity index (χ4n) is 3.18. The number of hydrogen-bond acceptors (Lipinski definition) is 3. The van der Waals surface area contributed by atoms with E-state index in [0.717, 1.165) is 58.1 Å². The number of benzene rings is 1. The number of guanidine groups is 1. The lowest BCUT2D eigenvalue weighted by Gasteiger charge is -2.24. The van der Waals surface area contributed by atoms with Crippen LogP contribution in [0.2, 0.25) is 0 Å². The number of aryl methyl sites for hydroxylation is 2.